The van der Waals surface area contributed by atoms with E-state index in [-0.39, 0.29) is 0 Å². The second-order valence-corrected chi connectivity index (χ2v) is 7.56. The van der Waals surface area contributed by atoms with Gasteiger partial charge in [0.2, 0.25) is 5.91 Å². The highest BCUT2D eigenvalue weighted by Crippen LogP contribution is 2.30. The van der Waals surface area contributed by atoms with Crippen LogP contribution < -0.4 is 5.32 Å². The van der Waals surface area contributed by atoms with Gasteiger partial charge in [-0.3, -0.25) is 4.79 Å². The molecule has 1 N–H and O–H groups in total. The van der Waals surface area contributed by atoms with Crippen LogP contribution in [-0.4, -0.2) is 60.7 Å². The fourth-order valence-corrected chi connectivity index (χ4v) is 4.19. The maximum absolute atomic E-state index is 12.5. The maximum atomic E-state index is 12.5. The Kier molecular flexibility index (Phi) is 5.24. The lowest BCUT2D eigenvalue weighted by atomic mass is 10.1. The average Bonchev–Trinajstić information content (AvgIpc) is 3.20. The number of amides is 1. The predicted molar refractivity (Wildman–Crippen MR) is 82.0 cm³/mol. The number of hydrogen-bond acceptors (Lipinski definition) is 4. The molecule has 0 spiro atoms. The molecule has 1 aliphatic carbocycles. The minimum absolute atomic E-state index is 0.364. The molecule has 3 aliphatic rings. The second-order valence-electron chi connectivity index (χ2n) is 6.27. The molecule has 0 aromatic rings. The van der Waals surface area contributed by atoms with E-state index in [1.807, 2.05) is 11.8 Å². The third-order valence-electron chi connectivity index (χ3n) is 4.52. The molecule has 114 valence electrons. The molecule has 3 fully saturated rings. The summed E-state index contributed by atoms with van der Waals surface area (Å²) in [5.41, 5.74) is 0. The number of rotatable bonds is 6. The van der Waals surface area contributed by atoms with Crippen LogP contribution in [0.1, 0.15) is 32.1 Å². The quantitative estimate of drug-likeness (QED) is 0.807. The van der Waals surface area contributed by atoms with Gasteiger partial charge >= 0.3 is 0 Å². The van der Waals surface area contributed by atoms with Crippen LogP contribution in [0.5, 0.6) is 0 Å². The first kappa shape index (κ1) is 14.7. The predicted octanol–water partition coefficient (Wildman–Crippen LogP) is 1.50. The molecule has 5 heteroatoms. The molecule has 2 saturated heterocycles. The summed E-state index contributed by atoms with van der Waals surface area (Å²) < 4.78 is 5.44. The van der Waals surface area contributed by atoms with Gasteiger partial charge in [-0.2, -0.15) is 0 Å². The Balaban J connectivity index is 1.44. The highest BCUT2D eigenvalue weighted by Gasteiger charge is 2.34. The number of carbonyl (C=O) groups excluding carboxylic acids is 1. The molecule has 1 amide bonds. The summed E-state index contributed by atoms with van der Waals surface area (Å²) in [5.74, 6) is 1.61. The van der Waals surface area contributed by atoms with Crippen LogP contribution in [0.15, 0.2) is 0 Å². The SMILES string of the molecule is O=C(CSC1CCNCC1)N(CC1CCOC1)C1CC1. The summed E-state index contributed by atoms with van der Waals surface area (Å²) in [6.45, 7) is 4.87. The van der Waals surface area contributed by atoms with E-state index in [9.17, 15) is 4.79 Å². The van der Waals surface area contributed by atoms with E-state index in [1.54, 1.807) is 0 Å². The molecular formula is C15H26N2O2S. The first-order valence-electron chi connectivity index (χ1n) is 8.02. The lowest BCUT2D eigenvalue weighted by Gasteiger charge is -2.27. The van der Waals surface area contributed by atoms with Gasteiger partial charge in [0.15, 0.2) is 0 Å². The third-order valence-corrected chi connectivity index (χ3v) is 5.87. The zero-order chi connectivity index (χ0) is 13.8. The van der Waals surface area contributed by atoms with Crippen molar-refractivity contribution in [1.82, 2.24) is 10.2 Å². The Bertz CT molecular complexity index is 324. The van der Waals surface area contributed by atoms with Gasteiger partial charge in [0.1, 0.15) is 0 Å². The first-order chi connectivity index (χ1) is 9.83. The van der Waals surface area contributed by atoms with E-state index in [1.165, 1.54) is 25.7 Å². The van der Waals surface area contributed by atoms with Crippen molar-refractivity contribution in [1.29, 1.82) is 0 Å². The zero-order valence-corrected chi connectivity index (χ0v) is 13.0. The van der Waals surface area contributed by atoms with Gasteiger partial charge < -0.3 is 15.0 Å². The van der Waals surface area contributed by atoms with E-state index in [0.717, 1.165) is 39.3 Å². The Labute approximate surface area is 126 Å². The van der Waals surface area contributed by atoms with Crippen LogP contribution in [0.25, 0.3) is 0 Å². The van der Waals surface area contributed by atoms with Gasteiger partial charge in [0, 0.05) is 30.4 Å². The summed E-state index contributed by atoms with van der Waals surface area (Å²) in [5, 5.41) is 4.06. The highest BCUT2D eigenvalue weighted by atomic mass is 32.2. The first-order valence-corrected chi connectivity index (χ1v) is 9.07. The molecule has 1 atom stereocenters. The summed E-state index contributed by atoms with van der Waals surface area (Å²) in [4.78, 5) is 14.7. The van der Waals surface area contributed by atoms with E-state index < -0.39 is 0 Å². The monoisotopic (exact) mass is 298 g/mol. The van der Waals surface area contributed by atoms with Crippen LogP contribution in [-0.2, 0) is 9.53 Å². The minimum atomic E-state index is 0.364. The Morgan fingerprint density at radius 1 is 1.20 bits per heavy atom. The molecule has 20 heavy (non-hydrogen) atoms. The van der Waals surface area contributed by atoms with Gasteiger partial charge in [0.25, 0.3) is 0 Å². The molecule has 1 unspecified atom stereocenters. The second kappa shape index (κ2) is 7.14. The third kappa shape index (κ3) is 4.12. The van der Waals surface area contributed by atoms with Crippen molar-refractivity contribution in [3.63, 3.8) is 0 Å². The molecule has 0 bridgehead atoms. The lowest BCUT2D eigenvalue weighted by molar-refractivity contribution is -0.129. The summed E-state index contributed by atoms with van der Waals surface area (Å²) in [6, 6.07) is 0.539. The summed E-state index contributed by atoms with van der Waals surface area (Å²) >= 11 is 1.87. The van der Waals surface area contributed by atoms with Crippen LogP contribution in [0, 0.1) is 5.92 Å². The Morgan fingerprint density at radius 3 is 2.65 bits per heavy atom. The van der Waals surface area contributed by atoms with Crippen molar-refractivity contribution in [2.75, 3.05) is 38.6 Å². The van der Waals surface area contributed by atoms with E-state index in [0.29, 0.717) is 28.9 Å². The van der Waals surface area contributed by atoms with Crippen LogP contribution >= 0.6 is 11.8 Å². The van der Waals surface area contributed by atoms with Crippen molar-refractivity contribution in [2.45, 2.75) is 43.4 Å². The molecule has 0 aromatic carbocycles. The number of nitrogens with zero attached hydrogens (tertiary/aromatic N) is 1. The molecule has 2 aliphatic heterocycles. The van der Waals surface area contributed by atoms with Gasteiger partial charge in [-0.25, -0.2) is 0 Å². The maximum Gasteiger partial charge on any atom is 0.232 e. The van der Waals surface area contributed by atoms with Crippen LogP contribution in [0.4, 0.5) is 0 Å². The van der Waals surface area contributed by atoms with E-state index in [2.05, 4.69) is 10.2 Å². The van der Waals surface area contributed by atoms with Crippen LogP contribution in [0.2, 0.25) is 0 Å². The number of ether oxygens (including phenoxy) is 1. The van der Waals surface area contributed by atoms with Crippen LogP contribution in [0.3, 0.4) is 0 Å². The van der Waals surface area contributed by atoms with E-state index >= 15 is 0 Å². The van der Waals surface area contributed by atoms with Crippen molar-refractivity contribution in [3.8, 4) is 0 Å². The topological polar surface area (TPSA) is 41.6 Å². The van der Waals surface area contributed by atoms with Gasteiger partial charge in [-0.15, -0.1) is 11.8 Å². The molecule has 4 nitrogen and oxygen atoms in total. The average molecular weight is 298 g/mol. The molecule has 1 saturated carbocycles. The molecular weight excluding hydrogens is 272 g/mol. The van der Waals surface area contributed by atoms with Gasteiger partial charge in [-0.05, 0) is 45.2 Å². The number of nitrogens with one attached hydrogen (secondary N) is 1. The van der Waals surface area contributed by atoms with Gasteiger partial charge in [-0.1, -0.05) is 0 Å². The minimum Gasteiger partial charge on any atom is -0.381 e. The fourth-order valence-electron chi connectivity index (χ4n) is 3.08. The number of piperidine rings is 1. The highest BCUT2D eigenvalue weighted by molar-refractivity contribution is 8.00. The normalized spacial score (nSPS) is 27.7. The molecule has 0 radical (unpaired) electrons. The molecule has 0 aromatic heterocycles. The standard InChI is InChI=1S/C15H26N2O2S/c18-15(11-20-14-3-6-16-7-4-14)17(13-1-2-13)9-12-5-8-19-10-12/h12-14,16H,1-11H2. The van der Waals surface area contributed by atoms with Gasteiger partial charge in [0.05, 0.1) is 12.4 Å². The van der Waals surface area contributed by atoms with Crippen molar-refractivity contribution in [2.24, 2.45) is 5.92 Å². The Morgan fingerprint density at radius 2 is 2.00 bits per heavy atom. The zero-order valence-electron chi connectivity index (χ0n) is 12.2. The summed E-state index contributed by atoms with van der Waals surface area (Å²) in [7, 11) is 0. The van der Waals surface area contributed by atoms with E-state index in [4.69, 9.17) is 4.74 Å². The fraction of sp³-hybridized carbons (Fsp3) is 0.933. The number of thioether (sulfide) groups is 1. The number of hydrogen-bond donors (Lipinski definition) is 1. The lowest BCUT2D eigenvalue weighted by Crippen LogP contribution is -2.39. The smallest absolute Gasteiger partial charge is 0.232 e. The molecule has 2 heterocycles. The van der Waals surface area contributed by atoms with Crippen molar-refractivity contribution >= 4 is 17.7 Å². The van der Waals surface area contributed by atoms with Crippen molar-refractivity contribution in [3.05, 3.63) is 0 Å². The number of carbonyl (C=O) groups is 1. The van der Waals surface area contributed by atoms with Crippen molar-refractivity contribution < 1.29 is 9.53 Å². The Hall–Kier alpha value is -0.260. The molecule has 3 rings (SSSR count). The summed E-state index contributed by atoms with van der Waals surface area (Å²) in [6.07, 6.45) is 5.95. The largest absolute Gasteiger partial charge is 0.381 e.